The molecule has 16 heavy (non-hydrogen) atoms. The van der Waals surface area contributed by atoms with Gasteiger partial charge in [-0.05, 0) is 13.3 Å². The molecule has 1 aliphatic heterocycles. The molecule has 0 saturated carbocycles. The number of rotatable bonds is 5. The summed E-state index contributed by atoms with van der Waals surface area (Å²) in [5.74, 6) is 0.247. The zero-order chi connectivity index (χ0) is 12.0. The molecule has 0 aromatic carbocycles. The van der Waals surface area contributed by atoms with Crippen LogP contribution in [0.3, 0.4) is 0 Å². The predicted molar refractivity (Wildman–Crippen MR) is 61.5 cm³/mol. The van der Waals surface area contributed by atoms with Gasteiger partial charge in [0.2, 0.25) is 0 Å². The normalized spacial score (nSPS) is 22.2. The molecule has 0 radical (unpaired) electrons. The van der Waals surface area contributed by atoms with Gasteiger partial charge in [-0.2, -0.15) is 0 Å². The second-order valence-electron chi connectivity index (χ2n) is 4.12. The lowest BCUT2D eigenvalue weighted by molar-refractivity contribution is 0.118. The largest absolute Gasteiger partial charge is 0.409 e. The highest BCUT2D eigenvalue weighted by Gasteiger charge is 2.22. The van der Waals surface area contributed by atoms with Crippen molar-refractivity contribution in [3.63, 3.8) is 0 Å². The minimum atomic E-state index is -0.249. The summed E-state index contributed by atoms with van der Waals surface area (Å²) in [4.78, 5) is 4.41. The van der Waals surface area contributed by atoms with Crippen LogP contribution in [-0.4, -0.2) is 66.3 Å². The number of oxime groups is 1. The number of halogens is 1. The van der Waals surface area contributed by atoms with Gasteiger partial charge in [0.1, 0.15) is 0 Å². The van der Waals surface area contributed by atoms with Crippen molar-refractivity contribution in [2.24, 2.45) is 10.9 Å². The maximum Gasteiger partial charge on any atom is 0.156 e. The Bertz CT molecular complexity index is 229. The Kier molecular flexibility index (Phi) is 5.48. The molecule has 1 fully saturated rings. The van der Waals surface area contributed by atoms with E-state index >= 15 is 0 Å². The topological polar surface area (TPSA) is 65.1 Å². The Morgan fingerprint density at radius 3 is 2.56 bits per heavy atom. The summed E-state index contributed by atoms with van der Waals surface area (Å²) in [7, 11) is 0. The van der Waals surface area contributed by atoms with E-state index in [0.717, 1.165) is 32.7 Å². The van der Waals surface area contributed by atoms with Crippen molar-refractivity contribution in [3.8, 4) is 0 Å². The van der Waals surface area contributed by atoms with Crippen molar-refractivity contribution in [3.05, 3.63) is 0 Å². The SMILES string of the molecule is CC(C(N)=NO)N1CCN(CCCF)CC1. The summed E-state index contributed by atoms with van der Waals surface area (Å²) in [6, 6.07) is -0.0340. The maximum atomic E-state index is 12.0. The van der Waals surface area contributed by atoms with Crippen LogP contribution in [0.25, 0.3) is 0 Å². The predicted octanol–water partition coefficient (Wildman–Crippen LogP) is 0.0985. The average Bonchev–Trinajstić information content (AvgIpc) is 2.35. The number of alkyl halides is 1. The van der Waals surface area contributed by atoms with E-state index in [2.05, 4.69) is 15.0 Å². The highest BCUT2D eigenvalue weighted by Crippen LogP contribution is 2.07. The first-order valence-electron chi connectivity index (χ1n) is 5.68. The summed E-state index contributed by atoms with van der Waals surface area (Å²) in [6.07, 6.45) is 0.607. The van der Waals surface area contributed by atoms with Crippen LogP contribution in [0.5, 0.6) is 0 Å². The van der Waals surface area contributed by atoms with Gasteiger partial charge in [-0.15, -0.1) is 0 Å². The lowest BCUT2D eigenvalue weighted by atomic mass is 10.2. The molecule has 0 aromatic rings. The van der Waals surface area contributed by atoms with Crippen LogP contribution >= 0.6 is 0 Å². The second kappa shape index (κ2) is 6.65. The molecule has 6 heteroatoms. The molecule has 1 saturated heterocycles. The molecule has 1 atom stereocenters. The third kappa shape index (κ3) is 3.61. The number of hydrogen-bond acceptors (Lipinski definition) is 4. The van der Waals surface area contributed by atoms with Gasteiger partial charge in [0.25, 0.3) is 0 Å². The fourth-order valence-electron chi connectivity index (χ4n) is 1.93. The molecule has 0 aromatic heterocycles. The fraction of sp³-hybridized carbons (Fsp3) is 0.900. The maximum absolute atomic E-state index is 12.0. The summed E-state index contributed by atoms with van der Waals surface area (Å²) in [6.45, 7) is 6.09. The van der Waals surface area contributed by atoms with E-state index in [1.807, 2.05) is 6.92 Å². The molecule has 0 aliphatic carbocycles. The summed E-state index contributed by atoms with van der Waals surface area (Å²) in [5, 5.41) is 11.6. The Morgan fingerprint density at radius 1 is 1.44 bits per heavy atom. The summed E-state index contributed by atoms with van der Waals surface area (Å²) < 4.78 is 12.0. The molecule has 1 rings (SSSR count). The molecular weight excluding hydrogens is 211 g/mol. The second-order valence-corrected chi connectivity index (χ2v) is 4.12. The first kappa shape index (κ1) is 13.2. The lowest BCUT2D eigenvalue weighted by Gasteiger charge is -2.37. The third-order valence-corrected chi connectivity index (χ3v) is 3.11. The summed E-state index contributed by atoms with van der Waals surface area (Å²) >= 11 is 0. The Balaban J connectivity index is 2.31. The number of piperazine rings is 1. The van der Waals surface area contributed by atoms with Crippen molar-refractivity contribution in [1.29, 1.82) is 0 Å². The average molecular weight is 232 g/mol. The van der Waals surface area contributed by atoms with Gasteiger partial charge in [0.05, 0.1) is 12.7 Å². The number of amidine groups is 1. The third-order valence-electron chi connectivity index (χ3n) is 3.11. The monoisotopic (exact) mass is 232 g/mol. The van der Waals surface area contributed by atoms with Crippen LogP contribution in [0.15, 0.2) is 5.16 Å². The van der Waals surface area contributed by atoms with Crippen LogP contribution in [0, 0.1) is 0 Å². The van der Waals surface area contributed by atoms with Crippen molar-refractivity contribution in [2.45, 2.75) is 19.4 Å². The van der Waals surface area contributed by atoms with Crippen molar-refractivity contribution >= 4 is 5.84 Å². The first-order valence-corrected chi connectivity index (χ1v) is 5.68. The van der Waals surface area contributed by atoms with Crippen LogP contribution < -0.4 is 5.73 Å². The van der Waals surface area contributed by atoms with Gasteiger partial charge in [-0.25, -0.2) is 0 Å². The molecule has 5 nitrogen and oxygen atoms in total. The van der Waals surface area contributed by atoms with E-state index in [1.54, 1.807) is 0 Å². The highest BCUT2D eigenvalue weighted by molar-refractivity contribution is 5.84. The first-order chi connectivity index (χ1) is 7.69. The van der Waals surface area contributed by atoms with Gasteiger partial charge in [-0.1, -0.05) is 5.16 Å². The van der Waals surface area contributed by atoms with Gasteiger partial charge in [-0.3, -0.25) is 9.29 Å². The number of hydrogen-bond donors (Lipinski definition) is 2. The van der Waals surface area contributed by atoms with Crippen LogP contribution in [0.4, 0.5) is 4.39 Å². The van der Waals surface area contributed by atoms with Crippen LogP contribution in [0.2, 0.25) is 0 Å². The molecular formula is C10H21FN4O. The van der Waals surface area contributed by atoms with Crippen molar-refractivity contribution < 1.29 is 9.60 Å². The van der Waals surface area contributed by atoms with E-state index in [-0.39, 0.29) is 18.6 Å². The molecule has 0 spiro atoms. The van der Waals surface area contributed by atoms with E-state index in [4.69, 9.17) is 10.9 Å². The minimum Gasteiger partial charge on any atom is -0.409 e. The molecule has 0 bridgehead atoms. The standard InChI is InChI=1S/C10H21FN4O/c1-9(10(12)13-16)15-7-5-14(6-8-15)4-2-3-11/h9,16H,2-8H2,1H3,(H2,12,13). The minimum absolute atomic E-state index is 0.0340. The quantitative estimate of drug-likeness (QED) is 0.305. The lowest BCUT2D eigenvalue weighted by Crippen LogP contribution is -2.53. The molecule has 3 N–H and O–H groups in total. The molecule has 94 valence electrons. The Labute approximate surface area is 95.7 Å². The molecule has 1 heterocycles. The molecule has 1 unspecified atom stereocenters. The smallest absolute Gasteiger partial charge is 0.156 e. The van der Waals surface area contributed by atoms with Crippen LogP contribution in [-0.2, 0) is 0 Å². The fourth-order valence-corrected chi connectivity index (χ4v) is 1.93. The van der Waals surface area contributed by atoms with E-state index < -0.39 is 0 Å². The zero-order valence-electron chi connectivity index (χ0n) is 9.77. The van der Waals surface area contributed by atoms with Crippen LogP contribution in [0.1, 0.15) is 13.3 Å². The summed E-state index contributed by atoms with van der Waals surface area (Å²) in [5.41, 5.74) is 5.56. The molecule has 0 amide bonds. The zero-order valence-corrected chi connectivity index (χ0v) is 9.77. The van der Waals surface area contributed by atoms with E-state index in [1.165, 1.54) is 0 Å². The highest BCUT2D eigenvalue weighted by atomic mass is 19.1. The van der Waals surface area contributed by atoms with E-state index in [0.29, 0.717) is 6.42 Å². The molecule has 1 aliphatic rings. The van der Waals surface area contributed by atoms with E-state index in [9.17, 15) is 4.39 Å². The Hall–Kier alpha value is -0.880. The number of nitrogens with zero attached hydrogens (tertiary/aromatic N) is 3. The number of nitrogens with two attached hydrogens (primary N) is 1. The van der Waals surface area contributed by atoms with Gasteiger partial charge < -0.3 is 15.8 Å². The van der Waals surface area contributed by atoms with Crippen molar-refractivity contribution in [1.82, 2.24) is 9.80 Å². The van der Waals surface area contributed by atoms with Gasteiger partial charge in [0.15, 0.2) is 5.84 Å². The Morgan fingerprint density at radius 2 is 2.06 bits per heavy atom. The van der Waals surface area contributed by atoms with Gasteiger partial charge in [0, 0.05) is 32.7 Å². The van der Waals surface area contributed by atoms with Gasteiger partial charge >= 0.3 is 0 Å². The van der Waals surface area contributed by atoms with Crippen molar-refractivity contribution in [2.75, 3.05) is 39.4 Å².